The second-order valence-electron chi connectivity index (χ2n) is 5.84. The molecule has 0 aliphatic carbocycles. The first-order valence-electron chi connectivity index (χ1n) is 8.28. The molecule has 25 heavy (non-hydrogen) atoms. The number of hydrogen-bond acceptors (Lipinski definition) is 3. The smallest absolute Gasteiger partial charge is 0.246 e. The van der Waals surface area contributed by atoms with E-state index in [1.165, 1.54) is 0 Å². The van der Waals surface area contributed by atoms with Gasteiger partial charge in [0.2, 0.25) is 10.7 Å². The van der Waals surface area contributed by atoms with E-state index in [0.29, 0.717) is 4.77 Å². The van der Waals surface area contributed by atoms with Crippen LogP contribution in [0.3, 0.4) is 0 Å². The lowest BCUT2D eigenvalue weighted by Gasteiger charge is -2.08. The third-order valence-corrected chi connectivity index (χ3v) is 4.27. The summed E-state index contributed by atoms with van der Waals surface area (Å²) in [5.41, 5.74) is 1.82. The number of nitrogens with zero attached hydrogens (tertiary/aromatic N) is 4. The van der Waals surface area contributed by atoms with Gasteiger partial charge in [0.1, 0.15) is 6.54 Å². The molecule has 0 aliphatic heterocycles. The molecule has 0 fully saturated rings. The number of benzene rings is 1. The highest BCUT2D eigenvalue weighted by molar-refractivity contribution is 7.71. The zero-order valence-corrected chi connectivity index (χ0v) is 15.2. The molecule has 0 saturated heterocycles. The van der Waals surface area contributed by atoms with Crippen molar-refractivity contribution in [3.8, 4) is 0 Å². The van der Waals surface area contributed by atoms with Crippen LogP contribution in [0.4, 0.5) is 5.69 Å². The summed E-state index contributed by atoms with van der Waals surface area (Å²) in [7, 11) is 0. The summed E-state index contributed by atoms with van der Waals surface area (Å²) in [6, 6.07) is 11.5. The molecule has 130 valence electrons. The number of nitrogens with one attached hydrogen (secondary N) is 1. The number of hydrogen-bond donors (Lipinski definition) is 1. The van der Waals surface area contributed by atoms with Crippen molar-refractivity contribution in [2.24, 2.45) is 0 Å². The molecule has 0 radical (unpaired) electrons. The van der Waals surface area contributed by atoms with Gasteiger partial charge in [-0.15, -0.1) is 0 Å². The molecule has 6 nitrogen and oxygen atoms in total. The van der Waals surface area contributed by atoms with Crippen LogP contribution in [0.5, 0.6) is 0 Å². The average molecular weight is 355 g/mol. The molecule has 3 rings (SSSR count). The Kier molecular flexibility index (Phi) is 5.14. The minimum atomic E-state index is -0.148. The van der Waals surface area contributed by atoms with Gasteiger partial charge >= 0.3 is 0 Å². The van der Waals surface area contributed by atoms with Crippen LogP contribution in [0, 0.1) is 11.7 Å². The first kappa shape index (κ1) is 17.2. The molecule has 0 unspecified atom stereocenters. The molecule has 3 aromatic rings. The van der Waals surface area contributed by atoms with Crippen molar-refractivity contribution in [1.82, 2.24) is 19.1 Å². The number of carbonyl (C=O) groups is 1. The Morgan fingerprint density at radius 1 is 1.20 bits per heavy atom. The van der Waals surface area contributed by atoms with Crippen LogP contribution in [0.2, 0.25) is 0 Å². The SMILES string of the molecule is CCCc1nn(CC(=O)Nc2ccccc2C)c(=S)n1-n1cccc1. The van der Waals surface area contributed by atoms with Crippen LogP contribution >= 0.6 is 12.2 Å². The Morgan fingerprint density at radius 3 is 2.60 bits per heavy atom. The number of rotatable bonds is 6. The lowest BCUT2D eigenvalue weighted by atomic mass is 10.2. The zero-order chi connectivity index (χ0) is 17.8. The molecule has 0 aliphatic rings. The molecule has 0 atom stereocenters. The molecule has 1 N–H and O–H groups in total. The molecule has 0 spiro atoms. The Balaban J connectivity index is 1.85. The minimum absolute atomic E-state index is 0.0815. The number of carbonyl (C=O) groups excluding carboxylic acids is 1. The van der Waals surface area contributed by atoms with Gasteiger partial charge in [-0.1, -0.05) is 25.1 Å². The van der Waals surface area contributed by atoms with Crippen molar-refractivity contribution in [1.29, 1.82) is 0 Å². The maximum absolute atomic E-state index is 12.4. The predicted octanol–water partition coefficient (Wildman–Crippen LogP) is 3.43. The third-order valence-electron chi connectivity index (χ3n) is 3.89. The molecule has 0 bridgehead atoms. The van der Waals surface area contributed by atoms with E-state index in [4.69, 9.17) is 12.2 Å². The molecule has 1 amide bonds. The third kappa shape index (κ3) is 3.71. The maximum Gasteiger partial charge on any atom is 0.246 e. The number of para-hydroxylation sites is 1. The van der Waals surface area contributed by atoms with Gasteiger partial charge in [-0.25, -0.2) is 9.36 Å². The van der Waals surface area contributed by atoms with E-state index >= 15 is 0 Å². The van der Waals surface area contributed by atoms with E-state index in [2.05, 4.69) is 17.3 Å². The highest BCUT2D eigenvalue weighted by Gasteiger charge is 2.14. The maximum atomic E-state index is 12.4. The van der Waals surface area contributed by atoms with Gasteiger partial charge in [-0.05, 0) is 49.3 Å². The number of amides is 1. The first-order chi connectivity index (χ1) is 12.1. The van der Waals surface area contributed by atoms with Gasteiger partial charge in [0, 0.05) is 24.5 Å². The first-order valence-corrected chi connectivity index (χ1v) is 8.69. The van der Waals surface area contributed by atoms with Gasteiger partial charge < -0.3 is 5.32 Å². The monoisotopic (exact) mass is 355 g/mol. The highest BCUT2D eigenvalue weighted by Crippen LogP contribution is 2.13. The number of aromatic nitrogens is 4. The highest BCUT2D eigenvalue weighted by atomic mass is 32.1. The summed E-state index contributed by atoms with van der Waals surface area (Å²) in [6.07, 6.45) is 5.56. The fourth-order valence-corrected chi connectivity index (χ4v) is 2.96. The van der Waals surface area contributed by atoms with Crippen molar-refractivity contribution in [2.75, 3.05) is 5.32 Å². The largest absolute Gasteiger partial charge is 0.324 e. The summed E-state index contributed by atoms with van der Waals surface area (Å²) >= 11 is 5.55. The molecule has 2 aromatic heterocycles. The van der Waals surface area contributed by atoms with E-state index in [1.807, 2.05) is 65.1 Å². The van der Waals surface area contributed by atoms with E-state index in [9.17, 15) is 4.79 Å². The van der Waals surface area contributed by atoms with Gasteiger partial charge in [-0.3, -0.25) is 9.47 Å². The Labute approximate surface area is 151 Å². The number of anilines is 1. The second kappa shape index (κ2) is 7.48. The second-order valence-corrected chi connectivity index (χ2v) is 6.21. The van der Waals surface area contributed by atoms with Gasteiger partial charge in [0.05, 0.1) is 0 Å². The molecular formula is C18H21N5OS. The van der Waals surface area contributed by atoms with E-state index in [0.717, 1.165) is 29.9 Å². The van der Waals surface area contributed by atoms with Crippen molar-refractivity contribution < 1.29 is 4.79 Å². The Bertz CT molecular complexity index is 923. The minimum Gasteiger partial charge on any atom is -0.324 e. The summed E-state index contributed by atoms with van der Waals surface area (Å²) in [4.78, 5) is 12.4. The summed E-state index contributed by atoms with van der Waals surface area (Å²) in [5.74, 6) is 0.693. The number of aryl methyl sites for hydroxylation is 2. The van der Waals surface area contributed by atoms with Gasteiger partial charge in [-0.2, -0.15) is 5.10 Å². The molecule has 2 heterocycles. The average Bonchev–Trinajstić information content (AvgIpc) is 3.19. The fourth-order valence-electron chi connectivity index (χ4n) is 2.66. The molecule has 0 saturated carbocycles. The normalized spacial score (nSPS) is 10.8. The van der Waals surface area contributed by atoms with Gasteiger partial charge in [0.25, 0.3) is 0 Å². The van der Waals surface area contributed by atoms with Crippen molar-refractivity contribution in [2.45, 2.75) is 33.2 Å². The lowest BCUT2D eigenvalue weighted by Crippen LogP contribution is -2.20. The Morgan fingerprint density at radius 2 is 1.92 bits per heavy atom. The predicted molar refractivity (Wildman–Crippen MR) is 100 cm³/mol. The van der Waals surface area contributed by atoms with Crippen LogP contribution < -0.4 is 5.32 Å². The summed E-state index contributed by atoms with van der Waals surface area (Å²) in [5, 5.41) is 7.47. The topological polar surface area (TPSA) is 56.8 Å². The van der Waals surface area contributed by atoms with Crippen molar-refractivity contribution >= 4 is 23.8 Å². The lowest BCUT2D eigenvalue weighted by molar-refractivity contribution is -0.116. The van der Waals surface area contributed by atoms with E-state index in [-0.39, 0.29) is 12.5 Å². The van der Waals surface area contributed by atoms with Crippen LogP contribution in [0.1, 0.15) is 24.7 Å². The standard InChI is InChI=1S/C18H21N5OS/c1-3-8-16-20-22(18(25)23(16)21-11-6-7-12-21)13-17(24)19-15-10-5-4-9-14(15)2/h4-7,9-12H,3,8,13H2,1-2H3,(H,19,24). The van der Waals surface area contributed by atoms with Crippen LogP contribution in [-0.4, -0.2) is 25.0 Å². The van der Waals surface area contributed by atoms with Crippen molar-refractivity contribution in [3.63, 3.8) is 0 Å². The molecule has 1 aromatic carbocycles. The van der Waals surface area contributed by atoms with E-state index in [1.54, 1.807) is 4.68 Å². The van der Waals surface area contributed by atoms with Crippen LogP contribution in [0.25, 0.3) is 0 Å². The van der Waals surface area contributed by atoms with E-state index < -0.39 is 0 Å². The Hall–Kier alpha value is -2.67. The summed E-state index contributed by atoms with van der Waals surface area (Å²) in [6.45, 7) is 4.13. The van der Waals surface area contributed by atoms with Gasteiger partial charge in [0.15, 0.2) is 5.82 Å². The van der Waals surface area contributed by atoms with Crippen LogP contribution in [-0.2, 0) is 17.8 Å². The fraction of sp³-hybridized carbons (Fsp3) is 0.278. The molecular weight excluding hydrogens is 334 g/mol. The molecule has 7 heteroatoms. The zero-order valence-electron chi connectivity index (χ0n) is 14.3. The van der Waals surface area contributed by atoms with Crippen LogP contribution in [0.15, 0.2) is 48.8 Å². The quantitative estimate of drug-likeness (QED) is 0.689. The summed E-state index contributed by atoms with van der Waals surface area (Å²) < 4.78 is 5.82. The van der Waals surface area contributed by atoms with Crippen molar-refractivity contribution in [3.05, 3.63) is 65.0 Å².